The highest BCUT2D eigenvalue weighted by Gasteiger charge is 2.62. The van der Waals surface area contributed by atoms with Gasteiger partial charge in [-0.05, 0) is 93.3 Å². The van der Waals surface area contributed by atoms with Crippen LogP contribution in [0.3, 0.4) is 0 Å². The molecule has 4 aliphatic rings. The van der Waals surface area contributed by atoms with E-state index in [2.05, 4.69) is 27.7 Å². The summed E-state index contributed by atoms with van der Waals surface area (Å²) in [6, 6.07) is 0. The zero-order valence-corrected chi connectivity index (χ0v) is 16.5. The maximum Gasteiger partial charge on any atom is 0.248 e. The summed E-state index contributed by atoms with van der Waals surface area (Å²) in [7, 11) is 0. The van der Waals surface area contributed by atoms with Crippen molar-refractivity contribution in [3.8, 4) is 0 Å². The predicted molar refractivity (Wildman–Crippen MR) is 96.7 cm³/mol. The number of alkyl halides is 2. The molecular formula is C22H36F2O. The molecule has 0 saturated heterocycles. The summed E-state index contributed by atoms with van der Waals surface area (Å²) in [6.45, 7) is 9.13. The van der Waals surface area contributed by atoms with E-state index in [4.69, 9.17) is 4.74 Å². The third-order valence-corrected chi connectivity index (χ3v) is 8.99. The van der Waals surface area contributed by atoms with E-state index in [1.54, 1.807) is 0 Å². The fourth-order valence-electron chi connectivity index (χ4n) is 7.68. The molecule has 4 rings (SSSR count). The molecule has 0 radical (unpaired) electrons. The number of ether oxygens (including phenoxy) is 1. The highest BCUT2D eigenvalue weighted by molar-refractivity contribution is 5.10. The molecule has 1 nitrogen and oxygen atoms in total. The van der Waals surface area contributed by atoms with Gasteiger partial charge in [0.2, 0.25) is 5.92 Å². The van der Waals surface area contributed by atoms with Crippen LogP contribution in [0.1, 0.15) is 85.5 Å². The smallest absolute Gasteiger partial charge is 0.248 e. The van der Waals surface area contributed by atoms with Crippen LogP contribution in [-0.4, -0.2) is 18.1 Å². The Morgan fingerprint density at radius 2 is 1.56 bits per heavy atom. The Bertz CT molecular complexity index is 518. The first kappa shape index (κ1) is 18.2. The maximum absolute atomic E-state index is 14.0. The van der Waals surface area contributed by atoms with Crippen molar-refractivity contribution in [2.45, 2.75) is 104 Å². The molecule has 0 N–H and O–H groups in total. The molecule has 4 aliphatic carbocycles. The molecule has 3 unspecified atom stereocenters. The average Bonchev–Trinajstić information content (AvgIpc) is 2.84. The van der Waals surface area contributed by atoms with Crippen LogP contribution in [0, 0.1) is 34.5 Å². The summed E-state index contributed by atoms with van der Waals surface area (Å²) in [4.78, 5) is 0. The number of halogens is 2. The van der Waals surface area contributed by atoms with Gasteiger partial charge in [0.1, 0.15) is 0 Å². The van der Waals surface area contributed by atoms with E-state index in [1.807, 2.05) is 0 Å². The first-order chi connectivity index (χ1) is 11.7. The second kappa shape index (κ2) is 5.91. The molecule has 3 heteroatoms. The van der Waals surface area contributed by atoms with Gasteiger partial charge in [0.05, 0.1) is 12.2 Å². The maximum atomic E-state index is 14.0. The summed E-state index contributed by atoms with van der Waals surface area (Å²) in [5.41, 5.74) is 0.468. The lowest BCUT2D eigenvalue weighted by atomic mass is 9.45. The first-order valence-corrected chi connectivity index (χ1v) is 10.7. The van der Waals surface area contributed by atoms with Gasteiger partial charge in [-0.3, -0.25) is 0 Å². The Morgan fingerprint density at radius 3 is 2.28 bits per heavy atom. The van der Waals surface area contributed by atoms with Crippen molar-refractivity contribution in [1.29, 1.82) is 0 Å². The summed E-state index contributed by atoms with van der Waals surface area (Å²) in [6.07, 6.45) is 8.84. The van der Waals surface area contributed by atoms with Gasteiger partial charge >= 0.3 is 0 Å². The van der Waals surface area contributed by atoms with Crippen molar-refractivity contribution in [3.05, 3.63) is 0 Å². The van der Waals surface area contributed by atoms with Crippen LogP contribution in [0.15, 0.2) is 0 Å². The molecule has 0 aromatic rings. The molecule has 0 aliphatic heterocycles. The minimum Gasteiger partial charge on any atom is -0.375 e. The van der Waals surface area contributed by atoms with Gasteiger partial charge in [0, 0.05) is 12.8 Å². The lowest BCUT2D eigenvalue weighted by Gasteiger charge is -2.61. The molecule has 0 aromatic heterocycles. The number of hydrogen-bond acceptors (Lipinski definition) is 1. The highest BCUT2D eigenvalue weighted by atomic mass is 19.3. The van der Waals surface area contributed by atoms with Gasteiger partial charge in [-0.25, -0.2) is 8.78 Å². The third kappa shape index (κ3) is 2.78. The Balaban J connectivity index is 1.56. The van der Waals surface area contributed by atoms with Gasteiger partial charge in [-0.1, -0.05) is 13.8 Å². The minimum atomic E-state index is -2.41. The number of hydrogen-bond donors (Lipinski definition) is 0. The van der Waals surface area contributed by atoms with E-state index in [1.165, 1.54) is 32.1 Å². The van der Waals surface area contributed by atoms with E-state index < -0.39 is 5.92 Å². The Kier molecular flexibility index (Phi) is 4.30. The second-order valence-corrected chi connectivity index (χ2v) is 10.5. The molecular weight excluding hydrogens is 318 g/mol. The Hall–Kier alpha value is -0.180. The molecule has 0 spiro atoms. The molecule has 0 heterocycles. The summed E-state index contributed by atoms with van der Waals surface area (Å²) >= 11 is 0. The van der Waals surface area contributed by atoms with Crippen LogP contribution in [0.25, 0.3) is 0 Å². The number of fused-ring (bicyclic) bond motifs is 5. The normalized spacial score (nSPS) is 51.7. The largest absolute Gasteiger partial charge is 0.375 e. The standard InChI is InChI=1S/C22H36F2O/c1-14(2)25-19-8-7-17-16-6-5-15-13-22(23,24)12-11-20(15,3)18(16)9-10-21(17,19)4/h14-19H,5-13H2,1-4H3/t15?,16-,17?,18?,19-,20-,21-/m0/s1. The molecule has 0 bridgehead atoms. The van der Waals surface area contributed by atoms with Gasteiger partial charge in [0.15, 0.2) is 0 Å². The first-order valence-electron chi connectivity index (χ1n) is 10.7. The van der Waals surface area contributed by atoms with Crippen LogP contribution < -0.4 is 0 Å². The van der Waals surface area contributed by atoms with E-state index in [-0.39, 0.29) is 24.2 Å². The molecule has 4 saturated carbocycles. The number of rotatable bonds is 2. The molecule has 25 heavy (non-hydrogen) atoms. The van der Waals surface area contributed by atoms with Crippen molar-refractivity contribution >= 4 is 0 Å². The van der Waals surface area contributed by atoms with E-state index in [0.717, 1.165) is 24.7 Å². The van der Waals surface area contributed by atoms with Crippen LogP contribution >= 0.6 is 0 Å². The predicted octanol–water partition coefficient (Wildman–Crippen LogP) is 6.46. The van der Waals surface area contributed by atoms with Crippen LogP contribution in [0.2, 0.25) is 0 Å². The van der Waals surface area contributed by atoms with Gasteiger partial charge in [0.25, 0.3) is 0 Å². The molecule has 0 aromatic carbocycles. The molecule has 0 amide bonds. The second-order valence-electron chi connectivity index (χ2n) is 10.5. The van der Waals surface area contributed by atoms with E-state index in [9.17, 15) is 8.78 Å². The fraction of sp³-hybridized carbons (Fsp3) is 1.00. The van der Waals surface area contributed by atoms with E-state index >= 15 is 0 Å². The van der Waals surface area contributed by atoms with Gasteiger partial charge in [-0.15, -0.1) is 0 Å². The monoisotopic (exact) mass is 354 g/mol. The Labute approximate surface area is 152 Å². The SMILES string of the molecule is CC(C)O[C@H]1CCC2[C@@H]3CCC4CC(F)(F)CC[C@]4(C)C3CC[C@@]21C. The van der Waals surface area contributed by atoms with Gasteiger partial charge in [-0.2, -0.15) is 0 Å². The van der Waals surface area contributed by atoms with Crippen LogP contribution in [0.5, 0.6) is 0 Å². The summed E-state index contributed by atoms with van der Waals surface area (Å²) < 4.78 is 34.3. The fourth-order valence-corrected chi connectivity index (χ4v) is 7.68. The van der Waals surface area contributed by atoms with Crippen molar-refractivity contribution in [2.24, 2.45) is 34.5 Å². The highest BCUT2D eigenvalue weighted by Crippen LogP contribution is 2.67. The molecule has 144 valence electrons. The average molecular weight is 355 g/mol. The lowest BCUT2D eigenvalue weighted by molar-refractivity contribution is -0.172. The quantitative estimate of drug-likeness (QED) is 0.553. The van der Waals surface area contributed by atoms with Crippen molar-refractivity contribution in [1.82, 2.24) is 0 Å². The van der Waals surface area contributed by atoms with Crippen LogP contribution in [-0.2, 0) is 4.74 Å². The van der Waals surface area contributed by atoms with Crippen molar-refractivity contribution < 1.29 is 13.5 Å². The Morgan fingerprint density at radius 1 is 0.840 bits per heavy atom. The molecule has 4 fully saturated rings. The minimum absolute atomic E-state index is 0.115. The van der Waals surface area contributed by atoms with Crippen molar-refractivity contribution in [2.75, 3.05) is 0 Å². The van der Waals surface area contributed by atoms with Gasteiger partial charge < -0.3 is 4.74 Å². The van der Waals surface area contributed by atoms with Crippen LogP contribution in [0.4, 0.5) is 8.78 Å². The van der Waals surface area contributed by atoms with Crippen molar-refractivity contribution in [3.63, 3.8) is 0 Å². The summed E-state index contributed by atoms with van der Waals surface area (Å²) in [5, 5.41) is 0. The van der Waals surface area contributed by atoms with E-state index in [0.29, 0.717) is 23.5 Å². The zero-order chi connectivity index (χ0) is 18.0. The molecule has 7 atom stereocenters. The topological polar surface area (TPSA) is 9.23 Å². The third-order valence-electron chi connectivity index (χ3n) is 8.99. The zero-order valence-electron chi connectivity index (χ0n) is 16.5. The lowest BCUT2D eigenvalue weighted by Crippen LogP contribution is -2.55. The summed E-state index contributed by atoms with van der Waals surface area (Å²) in [5.74, 6) is -0.0177.